The molecule has 0 spiro atoms. The Morgan fingerprint density at radius 2 is 2.03 bits per heavy atom. The third-order valence-electron chi connectivity index (χ3n) is 4.41. The zero-order valence-corrected chi connectivity index (χ0v) is 19.6. The second-order valence-electron chi connectivity index (χ2n) is 6.93. The highest BCUT2D eigenvalue weighted by Gasteiger charge is 2.31. The van der Waals surface area contributed by atoms with E-state index in [0.29, 0.717) is 39.6 Å². The first-order valence-electron chi connectivity index (χ1n) is 10.0. The molecule has 8 heteroatoms. The van der Waals surface area contributed by atoms with Crippen LogP contribution in [0, 0.1) is 6.92 Å². The summed E-state index contributed by atoms with van der Waals surface area (Å²) in [5.74, 6) is 0.521. The van der Waals surface area contributed by atoms with E-state index in [4.69, 9.17) is 21.7 Å². The van der Waals surface area contributed by atoms with Crippen molar-refractivity contribution in [2.24, 2.45) is 0 Å². The maximum absolute atomic E-state index is 12.5. The minimum atomic E-state index is -0.270. The Morgan fingerprint density at radius 1 is 1.22 bits per heavy atom. The third kappa shape index (κ3) is 5.99. The van der Waals surface area contributed by atoms with E-state index in [1.807, 2.05) is 38.1 Å². The maximum Gasteiger partial charge on any atom is 0.266 e. The second kappa shape index (κ2) is 11.0. The number of carbonyl (C=O) groups excluding carboxylic acids is 2. The summed E-state index contributed by atoms with van der Waals surface area (Å²) >= 11 is 6.53. The zero-order chi connectivity index (χ0) is 23.1. The summed E-state index contributed by atoms with van der Waals surface area (Å²) in [5.41, 5.74) is 2.54. The molecule has 0 unspecified atom stereocenters. The lowest BCUT2D eigenvalue weighted by molar-refractivity contribution is -0.121. The fourth-order valence-corrected chi connectivity index (χ4v) is 4.28. The van der Waals surface area contributed by atoms with E-state index in [0.717, 1.165) is 11.1 Å². The topological polar surface area (TPSA) is 67.9 Å². The van der Waals surface area contributed by atoms with E-state index in [2.05, 4.69) is 11.9 Å². The Kier molecular flexibility index (Phi) is 8.08. The summed E-state index contributed by atoms with van der Waals surface area (Å²) in [5, 5.41) is 2.81. The molecule has 0 radical (unpaired) electrons. The lowest BCUT2D eigenvalue weighted by Crippen LogP contribution is -2.27. The number of thiocarbonyl (C=S) groups is 1. The molecule has 1 aliphatic rings. The van der Waals surface area contributed by atoms with Gasteiger partial charge >= 0.3 is 0 Å². The van der Waals surface area contributed by atoms with Crippen LogP contribution in [0.1, 0.15) is 18.1 Å². The van der Waals surface area contributed by atoms with Crippen LogP contribution in [0.3, 0.4) is 0 Å². The number of benzene rings is 2. The number of rotatable bonds is 9. The van der Waals surface area contributed by atoms with Gasteiger partial charge in [0.05, 0.1) is 11.5 Å². The van der Waals surface area contributed by atoms with Crippen LogP contribution in [0.2, 0.25) is 0 Å². The van der Waals surface area contributed by atoms with E-state index < -0.39 is 0 Å². The second-order valence-corrected chi connectivity index (χ2v) is 8.60. The van der Waals surface area contributed by atoms with Crippen LogP contribution in [-0.2, 0) is 9.59 Å². The van der Waals surface area contributed by atoms with Crippen molar-refractivity contribution in [1.82, 2.24) is 4.90 Å². The van der Waals surface area contributed by atoms with Crippen LogP contribution in [-0.4, -0.2) is 40.8 Å². The molecule has 1 saturated heterocycles. The molecule has 3 rings (SSSR count). The number of nitrogens with one attached hydrogen (secondary N) is 1. The summed E-state index contributed by atoms with van der Waals surface area (Å²) < 4.78 is 11.9. The number of amides is 2. The molecule has 1 N–H and O–H groups in total. The number of thioether (sulfide) groups is 1. The highest BCUT2D eigenvalue weighted by atomic mass is 32.2. The van der Waals surface area contributed by atoms with Crippen LogP contribution >= 0.6 is 24.0 Å². The predicted octanol–water partition coefficient (Wildman–Crippen LogP) is 4.80. The number of aryl methyl sites for hydroxylation is 1. The molecule has 6 nitrogen and oxygen atoms in total. The molecule has 0 aliphatic carbocycles. The summed E-state index contributed by atoms with van der Waals surface area (Å²) in [6, 6.07) is 12.8. The Bertz CT molecular complexity index is 1080. The van der Waals surface area contributed by atoms with Gasteiger partial charge in [-0.25, -0.2) is 0 Å². The quantitative estimate of drug-likeness (QED) is 0.324. The van der Waals surface area contributed by atoms with Gasteiger partial charge in [0.1, 0.15) is 4.32 Å². The van der Waals surface area contributed by atoms with Gasteiger partial charge < -0.3 is 14.8 Å². The van der Waals surface area contributed by atoms with Crippen molar-refractivity contribution in [2.45, 2.75) is 13.8 Å². The first kappa shape index (κ1) is 23.6. The summed E-state index contributed by atoms with van der Waals surface area (Å²) in [4.78, 5) is 26.8. The van der Waals surface area contributed by atoms with Crippen molar-refractivity contribution < 1.29 is 19.1 Å². The van der Waals surface area contributed by atoms with Crippen molar-refractivity contribution in [1.29, 1.82) is 0 Å². The fraction of sp³-hybridized carbons (Fsp3) is 0.208. The van der Waals surface area contributed by atoms with E-state index in [-0.39, 0.29) is 18.4 Å². The Hall–Kier alpha value is -3.10. The molecule has 166 valence electrons. The van der Waals surface area contributed by atoms with Crippen molar-refractivity contribution in [3.8, 4) is 11.5 Å². The SMILES string of the molecule is C=CCN1C(=O)/C(=C/c2ccc(OCC(=O)Nc3cccc(C)c3)c(OCC)c2)SC1=S. The molecule has 0 bridgehead atoms. The number of hydrogen-bond acceptors (Lipinski definition) is 6. The average Bonchev–Trinajstić information content (AvgIpc) is 3.01. The van der Waals surface area contributed by atoms with E-state index in [1.165, 1.54) is 16.7 Å². The average molecular weight is 469 g/mol. The van der Waals surface area contributed by atoms with Crippen LogP contribution < -0.4 is 14.8 Å². The van der Waals surface area contributed by atoms with Crippen LogP contribution in [0.4, 0.5) is 5.69 Å². The minimum Gasteiger partial charge on any atom is -0.490 e. The van der Waals surface area contributed by atoms with Crippen molar-refractivity contribution in [3.05, 3.63) is 71.2 Å². The zero-order valence-electron chi connectivity index (χ0n) is 17.9. The highest BCUT2D eigenvalue weighted by Crippen LogP contribution is 2.34. The van der Waals surface area contributed by atoms with Gasteiger partial charge in [0.15, 0.2) is 18.1 Å². The minimum absolute atomic E-state index is 0.147. The molecule has 2 aromatic carbocycles. The highest BCUT2D eigenvalue weighted by molar-refractivity contribution is 8.26. The first-order chi connectivity index (χ1) is 15.4. The molecule has 0 atom stereocenters. The third-order valence-corrected chi connectivity index (χ3v) is 5.79. The van der Waals surface area contributed by atoms with Gasteiger partial charge in [-0.2, -0.15) is 0 Å². The van der Waals surface area contributed by atoms with Gasteiger partial charge in [-0.05, 0) is 55.3 Å². The standard InChI is InChI=1S/C24H24N2O4S2/c1-4-11-26-23(28)21(32-24(26)31)14-17-9-10-19(20(13-17)29-5-2)30-15-22(27)25-18-8-6-7-16(3)12-18/h4,6-10,12-14H,1,5,11,15H2,2-3H3,(H,25,27)/b21-14-. The van der Waals surface area contributed by atoms with E-state index >= 15 is 0 Å². The maximum atomic E-state index is 12.5. The largest absolute Gasteiger partial charge is 0.490 e. The molecular formula is C24H24N2O4S2. The number of hydrogen-bond donors (Lipinski definition) is 1. The van der Waals surface area contributed by atoms with Gasteiger partial charge in [0, 0.05) is 12.2 Å². The molecule has 0 saturated carbocycles. The van der Waals surface area contributed by atoms with E-state index in [1.54, 1.807) is 30.4 Å². The molecule has 1 heterocycles. The molecular weight excluding hydrogens is 444 g/mol. The smallest absolute Gasteiger partial charge is 0.266 e. The normalized spacial score (nSPS) is 14.6. The molecule has 1 aliphatic heterocycles. The number of anilines is 1. The summed E-state index contributed by atoms with van der Waals surface area (Å²) in [6.45, 7) is 8.13. The lowest BCUT2D eigenvalue weighted by Gasteiger charge is -2.13. The molecule has 32 heavy (non-hydrogen) atoms. The fourth-order valence-electron chi connectivity index (χ4n) is 3.00. The molecule has 2 aromatic rings. The van der Waals surface area contributed by atoms with Crippen LogP contribution in [0.5, 0.6) is 11.5 Å². The monoisotopic (exact) mass is 468 g/mol. The number of ether oxygens (including phenoxy) is 2. The van der Waals surface area contributed by atoms with E-state index in [9.17, 15) is 9.59 Å². The van der Waals surface area contributed by atoms with Gasteiger partial charge in [-0.3, -0.25) is 14.5 Å². The van der Waals surface area contributed by atoms with Crippen molar-refractivity contribution >= 4 is 51.9 Å². The molecule has 2 amide bonds. The van der Waals surface area contributed by atoms with Crippen molar-refractivity contribution in [2.75, 3.05) is 25.1 Å². The Morgan fingerprint density at radius 3 is 2.75 bits per heavy atom. The summed E-state index contributed by atoms with van der Waals surface area (Å²) in [7, 11) is 0. The van der Waals surface area contributed by atoms with Gasteiger partial charge in [-0.1, -0.05) is 48.3 Å². The van der Waals surface area contributed by atoms with Crippen LogP contribution in [0.25, 0.3) is 6.08 Å². The summed E-state index contributed by atoms with van der Waals surface area (Å²) in [6.07, 6.45) is 3.40. The van der Waals surface area contributed by atoms with Gasteiger partial charge in [0.2, 0.25) is 0 Å². The van der Waals surface area contributed by atoms with Crippen LogP contribution in [0.15, 0.2) is 60.0 Å². The molecule has 1 fully saturated rings. The number of nitrogens with zero attached hydrogens (tertiary/aromatic N) is 1. The van der Waals surface area contributed by atoms with Gasteiger partial charge in [0.25, 0.3) is 11.8 Å². The van der Waals surface area contributed by atoms with Gasteiger partial charge in [-0.15, -0.1) is 6.58 Å². The molecule has 0 aromatic heterocycles. The lowest BCUT2D eigenvalue weighted by atomic mass is 10.2. The Balaban J connectivity index is 1.70. The van der Waals surface area contributed by atoms with Crippen molar-refractivity contribution in [3.63, 3.8) is 0 Å². The Labute approximate surface area is 197 Å². The number of carbonyl (C=O) groups is 2. The predicted molar refractivity (Wildman–Crippen MR) is 133 cm³/mol. The first-order valence-corrected chi connectivity index (χ1v) is 11.3.